The summed E-state index contributed by atoms with van der Waals surface area (Å²) in [7, 11) is 0. The average molecular weight is 2000 g/mol. The highest BCUT2D eigenvalue weighted by atomic mass is 16.8. The molecule has 0 aliphatic carbocycles. The van der Waals surface area contributed by atoms with Gasteiger partial charge in [-0.3, -0.25) is 0 Å². The van der Waals surface area contributed by atoms with Crippen LogP contribution in [0.2, 0.25) is 0 Å². The Labute approximate surface area is 766 Å². The molecule has 15 rings (SSSR count). The van der Waals surface area contributed by atoms with Gasteiger partial charge in [0.1, 0.15) is 275 Å². The van der Waals surface area contributed by atoms with E-state index in [1.165, 1.54) is 0 Å². The molecule has 15 aliphatic heterocycles. The van der Waals surface area contributed by atoms with Crippen molar-refractivity contribution in [3.8, 4) is 0 Å². The Kier molecular flexibility index (Phi) is 37.0. The Bertz CT molecular complexity index is 3290. The monoisotopic (exact) mass is 2000 g/mol. The molecule has 15 saturated heterocycles. The minimum atomic E-state index is -2.00. The van der Waals surface area contributed by atoms with Crippen molar-refractivity contribution in [3.63, 3.8) is 0 Å². The molecule has 0 radical (unpaired) electrons. The average Bonchev–Trinajstić information content (AvgIpc) is 0.893. The minimum Gasteiger partial charge on any atom is -0.388 e. The lowest BCUT2D eigenvalue weighted by molar-refractivity contribution is -0.371. The third-order valence-electron chi connectivity index (χ3n) is 25.9. The maximum absolute atomic E-state index is 11.2. The molecule has 0 spiro atoms. The first kappa shape index (κ1) is 108. The second-order valence-corrected chi connectivity index (χ2v) is 35.3. The third-order valence-corrected chi connectivity index (χ3v) is 25.9. The zero-order valence-electron chi connectivity index (χ0n) is 71.4. The van der Waals surface area contributed by atoms with E-state index in [2.05, 4.69) is 0 Å². The van der Waals surface area contributed by atoms with Gasteiger partial charge in [-0.15, -0.1) is 0 Å². The topological polar surface area (TPSA) is 915 Å². The molecular formula is C75H122O61. The molecule has 32 N–H and O–H groups in total. The maximum Gasteiger partial charge on any atom is 0.186 e. The van der Waals surface area contributed by atoms with Crippen LogP contribution in [0.3, 0.4) is 0 Å². The van der Waals surface area contributed by atoms with E-state index >= 15 is 0 Å². The number of hydrogen-bond acceptors (Lipinski definition) is 61. The molecule has 15 unspecified atom stereocenters. The smallest absolute Gasteiger partial charge is 0.186 e. The molecule has 0 amide bonds. The second kappa shape index (κ2) is 46.7. The van der Waals surface area contributed by atoms with Crippen molar-refractivity contribution in [3.05, 3.63) is 0 Å². The molecule has 0 bridgehead atoms. The summed E-state index contributed by atoms with van der Waals surface area (Å²) in [5, 5.41) is 347. The standard InChI is InChI=1S/C75H122O61/c76-16-1-109-62(47(93)31(16)77)124-18-3-111-64(49(95)33(18)79)126-20-5-113-66(51(97)35(20)81)128-22-7-115-68(53(99)37(22)83)130-24-9-117-70(55(101)39(24)85)132-26-11-119-72(57(103)41(26)87)134-28-13-121-74(59(105)43(28)89)136-30-15-122-75(60(106)45(30)91)135-29-14-120-73(58(104)44(29)90)133-27-12-118-71(56(102)42(27)88)131-25-10-116-69(54(100)40(25)86)129-23-8-114-67(52(98)38(23)84)127-21-6-112-65(50(96)36(21)82)125-19-4-110-63(48(94)34(19)80)123-17-2-108-61(107)46(92)32(17)78/h16-107H,1-15H2/t16-,17-,18-,19-,20-,21-,22-,23-,24-,25-,26-,27-,28-,29-,30-,31+,32+,33+,34+,35+,36+,37+,38+,39+,40+,41+,42+,43+,44+,45+,46?,47?,48?,49?,50?,51?,52?,53?,54?,55?,56?,57?,58?,59?,60?,61-,62+,63-,64+,65-,66-,67-,68-,69-,70-,71-,72-,73-,74-,75-/m1/s1. The summed E-state index contributed by atoms with van der Waals surface area (Å²) in [6.45, 7) is -8.32. The number of ether oxygens (including phenoxy) is 29. The summed E-state index contributed by atoms with van der Waals surface area (Å²) in [6, 6.07) is 0. The zero-order valence-corrected chi connectivity index (χ0v) is 71.4. The summed E-state index contributed by atoms with van der Waals surface area (Å²) >= 11 is 0. The largest absolute Gasteiger partial charge is 0.388 e. The third kappa shape index (κ3) is 23.6. The van der Waals surface area contributed by atoms with Crippen molar-refractivity contribution in [2.45, 2.75) is 369 Å². The van der Waals surface area contributed by atoms with Gasteiger partial charge in [0.2, 0.25) is 0 Å². The molecule has 61 nitrogen and oxygen atoms in total. The first-order chi connectivity index (χ1) is 64.7. The number of hydrogen-bond donors (Lipinski definition) is 32. The van der Waals surface area contributed by atoms with Gasteiger partial charge in [-0.1, -0.05) is 0 Å². The van der Waals surface area contributed by atoms with Gasteiger partial charge in [0.15, 0.2) is 94.4 Å². The molecule has 788 valence electrons. The Balaban J connectivity index is 0.425. The summed E-state index contributed by atoms with van der Waals surface area (Å²) in [6.07, 6.45) is -104. The molecule has 136 heavy (non-hydrogen) atoms. The fourth-order valence-electron chi connectivity index (χ4n) is 17.3. The lowest BCUT2D eigenvalue weighted by Gasteiger charge is -2.46. The van der Waals surface area contributed by atoms with Crippen molar-refractivity contribution in [1.82, 2.24) is 0 Å². The van der Waals surface area contributed by atoms with Gasteiger partial charge in [-0.2, -0.15) is 0 Å². The highest BCUT2D eigenvalue weighted by Gasteiger charge is 2.59. The van der Waals surface area contributed by atoms with Gasteiger partial charge >= 0.3 is 0 Å². The Morgan fingerprint density at radius 3 is 0.324 bits per heavy atom. The summed E-state index contributed by atoms with van der Waals surface area (Å²) in [5.41, 5.74) is 0. The van der Waals surface area contributed by atoms with E-state index in [4.69, 9.17) is 137 Å². The number of aliphatic hydroxyl groups excluding tert-OH is 32. The maximum atomic E-state index is 11.2. The van der Waals surface area contributed by atoms with Crippen LogP contribution in [0.1, 0.15) is 0 Å². The van der Waals surface area contributed by atoms with E-state index in [1.807, 2.05) is 0 Å². The normalized spacial score (nSPS) is 54.9. The van der Waals surface area contributed by atoms with Crippen LogP contribution in [0, 0.1) is 0 Å². The van der Waals surface area contributed by atoms with E-state index in [9.17, 15) is 163 Å². The number of rotatable bonds is 28. The lowest BCUT2D eigenvalue weighted by atomic mass is 10.0. The molecule has 61 heteroatoms. The molecule has 15 heterocycles. The van der Waals surface area contributed by atoms with Crippen molar-refractivity contribution in [1.29, 1.82) is 0 Å². The van der Waals surface area contributed by atoms with Gasteiger partial charge in [0, 0.05) is 0 Å². The van der Waals surface area contributed by atoms with E-state index < -0.39 is 468 Å². The predicted molar refractivity (Wildman–Crippen MR) is 403 cm³/mol. The van der Waals surface area contributed by atoms with Crippen molar-refractivity contribution in [2.75, 3.05) is 99.1 Å². The van der Waals surface area contributed by atoms with E-state index in [-0.39, 0.29) is 0 Å². The summed E-state index contributed by atoms with van der Waals surface area (Å²) in [4.78, 5) is 0. The molecule has 60 atom stereocenters. The minimum absolute atomic E-state index is 0.413. The van der Waals surface area contributed by atoms with Crippen LogP contribution in [0.5, 0.6) is 0 Å². The van der Waals surface area contributed by atoms with Crippen LogP contribution in [0.15, 0.2) is 0 Å². The van der Waals surface area contributed by atoms with Crippen LogP contribution in [0.4, 0.5) is 0 Å². The van der Waals surface area contributed by atoms with Crippen LogP contribution >= 0.6 is 0 Å². The Hall–Kier alpha value is -2.44. The molecule has 0 aromatic rings. The lowest BCUT2D eigenvalue weighted by Crippen LogP contribution is -2.64. The van der Waals surface area contributed by atoms with Crippen LogP contribution in [-0.2, 0) is 137 Å². The van der Waals surface area contributed by atoms with Crippen LogP contribution < -0.4 is 0 Å². The second-order valence-electron chi connectivity index (χ2n) is 35.3. The van der Waals surface area contributed by atoms with Gasteiger partial charge in [0.25, 0.3) is 0 Å². The molecule has 0 aromatic carbocycles. The van der Waals surface area contributed by atoms with E-state index in [1.54, 1.807) is 0 Å². The van der Waals surface area contributed by atoms with Gasteiger partial charge in [-0.05, 0) is 0 Å². The quantitative estimate of drug-likeness (QED) is 0.0346. The molecule has 0 saturated carbocycles. The fourth-order valence-corrected chi connectivity index (χ4v) is 17.3. The Morgan fingerprint density at radius 2 is 0.199 bits per heavy atom. The first-order valence-corrected chi connectivity index (χ1v) is 43.9. The SMILES string of the molecule is OC1[C@H](O[C@@H]2CO[C@@H](O[C@@H]3CO[C@H](O[C@@H]4CO[C@H](O[C@@H]5CO[C@H](O[C@@H]6CO[C@H](O[C@@H]7CO[C@H](O[C@@H]8CO[C@H](O[C@@H]9CO[C@H](O[C@@H]%10CO[C@H](O[C@@H]%11CO[C@H](O[C@@H]%12CO[C@H](O[C@@H]%13CO[C@H](O[C@@H]%14CO[C@H](O[C@@H]%15CO[C@@H](O)C(O)[C@H]%15O)C(O)[C@H]%14O)C(O)[C@H]%13O)C(O)[C@H]%12O)C(O)[C@H]%11O)C(O)[C@H]%10O)C(O)[C@H]9O)C(O)[C@H]8O)C(O)[C@H]7O)C(O)[C@H]6O)C(O)[C@H]5O)C(O)[C@H]4O)C(O)[C@H]3O)C(O)[C@H]2O)OC[C@@H](O)[C@@H]1O. The molecule has 15 aliphatic rings. The van der Waals surface area contributed by atoms with E-state index in [0.717, 1.165) is 0 Å². The van der Waals surface area contributed by atoms with Crippen molar-refractivity contribution < 1.29 is 301 Å². The first-order valence-electron chi connectivity index (χ1n) is 43.9. The van der Waals surface area contributed by atoms with Gasteiger partial charge in [0.05, 0.1) is 99.1 Å². The summed E-state index contributed by atoms with van der Waals surface area (Å²) in [5.74, 6) is 0. The Morgan fingerprint density at radius 1 is 0.103 bits per heavy atom. The fraction of sp³-hybridized carbons (Fsp3) is 1.00. The molecule has 15 fully saturated rings. The highest BCUT2D eigenvalue weighted by molar-refractivity contribution is 5.00. The molecular weight excluding hydrogens is 1880 g/mol. The summed E-state index contributed by atoms with van der Waals surface area (Å²) < 4.78 is 161. The van der Waals surface area contributed by atoms with Gasteiger partial charge < -0.3 is 301 Å². The van der Waals surface area contributed by atoms with Crippen molar-refractivity contribution in [2.24, 2.45) is 0 Å². The number of aliphatic hydroxyl groups is 32. The zero-order chi connectivity index (χ0) is 97.8. The molecule has 0 aromatic heterocycles. The van der Waals surface area contributed by atoms with Crippen molar-refractivity contribution >= 4 is 0 Å². The predicted octanol–water partition coefficient (Wildman–Crippen LogP) is -24.1. The highest BCUT2D eigenvalue weighted by Crippen LogP contribution is 2.39. The van der Waals surface area contributed by atoms with Gasteiger partial charge in [-0.25, -0.2) is 0 Å². The van der Waals surface area contributed by atoms with Crippen LogP contribution in [0.25, 0.3) is 0 Å². The van der Waals surface area contributed by atoms with Crippen LogP contribution in [-0.4, -0.2) is 632 Å². The van der Waals surface area contributed by atoms with E-state index in [0.29, 0.717) is 0 Å².